The van der Waals surface area contributed by atoms with E-state index in [2.05, 4.69) is 16.2 Å². The van der Waals surface area contributed by atoms with Gasteiger partial charge in [0.1, 0.15) is 6.04 Å². The minimum absolute atomic E-state index is 0.00927. The van der Waals surface area contributed by atoms with Gasteiger partial charge in [0, 0.05) is 24.0 Å². The van der Waals surface area contributed by atoms with E-state index in [1.807, 2.05) is 24.3 Å². The van der Waals surface area contributed by atoms with Crippen molar-refractivity contribution in [2.45, 2.75) is 44.2 Å². The number of benzene rings is 1. The molecule has 7 heteroatoms. The van der Waals surface area contributed by atoms with Gasteiger partial charge in [0.2, 0.25) is 5.91 Å². The quantitative estimate of drug-likeness (QED) is 0.544. The number of unbranched alkanes of at least 4 members (excludes halogenated alkanes) is 2. The summed E-state index contributed by atoms with van der Waals surface area (Å²) < 4.78 is 0. The second-order valence-electron chi connectivity index (χ2n) is 5.65. The maximum Gasteiger partial charge on any atom is 0.303 e. The van der Waals surface area contributed by atoms with E-state index in [1.54, 1.807) is 0 Å². The number of halogens is 1. The van der Waals surface area contributed by atoms with Crippen LogP contribution in [0.1, 0.15) is 43.7 Å². The van der Waals surface area contributed by atoms with Crippen molar-refractivity contribution in [1.82, 2.24) is 16.2 Å². The summed E-state index contributed by atoms with van der Waals surface area (Å²) in [5.74, 6) is -0.828. The predicted molar refractivity (Wildman–Crippen MR) is 88.0 cm³/mol. The van der Waals surface area contributed by atoms with Gasteiger partial charge < -0.3 is 10.4 Å². The summed E-state index contributed by atoms with van der Waals surface area (Å²) in [5, 5.41) is 12.1. The van der Waals surface area contributed by atoms with Crippen LogP contribution in [-0.2, 0) is 9.59 Å². The summed E-state index contributed by atoms with van der Waals surface area (Å²) in [6.45, 7) is 0.563. The Morgan fingerprint density at radius 1 is 1.22 bits per heavy atom. The predicted octanol–water partition coefficient (Wildman–Crippen LogP) is 2.01. The Morgan fingerprint density at radius 3 is 2.74 bits per heavy atom. The lowest BCUT2D eigenvalue weighted by Gasteiger charge is -2.11. The van der Waals surface area contributed by atoms with Gasteiger partial charge in [-0.3, -0.25) is 9.59 Å². The van der Waals surface area contributed by atoms with Gasteiger partial charge in [-0.15, -0.1) is 0 Å². The Morgan fingerprint density at radius 2 is 2.00 bits per heavy atom. The average molecular weight is 340 g/mol. The van der Waals surface area contributed by atoms with Crippen LogP contribution >= 0.6 is 11.6 Å². The average Bonchev–Trinajstić information content (AvgIpc) is 3.00. The molecule has 0 saturated carbocycles. The number of nitrogens with one attached hydrogen (secondary N) is 3. The normalized spacial score (nSPS) is 20.4. The number of carboxylic acids is 1. The molecule has 126 valence electrons. The Hall–Kier alpha value is -1.63. The molecular formula is C16H22ClN3O3. The number of hydrogen-bond donors (Lipinski definition) is 4. The van der Waals surface area contributed by atoms with E-state index >= 15 is 0 Å². The number of carbonyl (C=O) groups excluding carboxylic acids is 1. The summed E-state index contributed by atoms with van der Waals surface area (Å²) in [5.41, 5.74) is 7.09. The highest BCUT2D eigenvalue weighted by Crippen LogP contribution is 2.28. The van der Waals surface area contributed by atoms with Crippen LogP contribution in [0.2, 0.25) is 5.02 Å². The minimum Gasteiger partial charge on any atom is -0.481 e. The third-order valence-electron chi connectivity index (χ3n) is 3.87. The van der Waals surface area contributed by atoms with Crippen molar-refractivity contribution in [2.75, 3.05) is 6.54 Å². The molecule has 1 heterocycles. The summed E-state index contributed by atoms with van der Waals surface area (Å²) in [6, 6.07) is 7.30. The van der Waals surface area contributed by atoms with Gasteiger partial charge >= 0.3 is 5.97 Å². The number of carboxylic acid groups (broad SMARTS) is 1. The molecule has 0 radical (unpaired) electrons. The number of hydrogen-bond acceptors (Lipinski definition) is 4. The van der Waals surface area contributed by atoms with Gasteiger partial charge in [0.15, 0.2) is 0 Å². The lowest BCUT2D eigenvalue weighted by atomic mass is 10.0. The SMILES string of the molecule is O=C(O)CCCCCNC(=O)C1CC(c2ccccc2Cl)NN1. The van der Waals surface area contributed by atoms with Gasteiger partial charge in [-0.2, -0.15) is 0 Å². The highest BCUT2D eigenvalue weighted by Gasteiger charge is 2.30. The first kappa shape index (κ1) is 17.7. The summed E-state index contributed by atoms with van der Waals surface area (Å²) in [6.07, 6.45) is 3.04. The largest absolute Gasteiger partial charge is 0.481 e. The van der Waals surface area contributed by atoms with Crippen molar-refractivity contribution in [3.8, 4) is 0 Å². The van der Waals surface area contributed by atoms with Crippen LogP contribution in [0.4, 0.5) is 0 Å². The summed E-state index contributed by atoms with van der Waals surface area (Å²) in [7, 11) is 0. The number of rotatable bonds is 8. The molecule has 0 bridgehead atoms. The first-order valence-corrected chi connectivity index (χ1v) is 8.20. The zero-order valence-electron chi connectivity index (χ0n) is 12.8. The Kier molecular flexibility index (Phi) is 6.83. The van der Waals surface area contributed by atoms with Gasteiger partial charge in [-0.1, -0.05) is 36.2 Å². The molecule has 0 aliphatic carbocycles. The van der Waals surface area contributed by atoms with E-state index in [0.717, 1.165) is 18.4 Å². The van der Waals surface area contributed by atoms with E-state index in [4.69, 9.17) is 16.7 Å². The fourth-order valence-corrected chi connectivity index (χ4v) is 2.87. The summed E-state index contributed by atoms with van der Waals surface area (Å²) in [4.78, 5) is 22.5. The standard InChI is InChI=1S/C16H22ClN3O3/c17-12-7-4-3-6-11(12)13-10-14(20-19-13)16(23)18-9-5-1-2-8-15(21)22/h3-4,6-7,13-14,19-20H,1-2,5,8-10H2,(H,18,23)(H,21,22). The van der Waals surface area contributed by atoms with Crippen molar-refractivity contribution in [3.63, 3.8) is 0 Å². The monoisotopic (exact) mass is 339 g/mol. The molecule has 1 saturated heterocycles. The molecule has 2 atom stereocenters. The molecule has 1 fully saturated rings. The van der Waals surface area contributed by atoms with Crippen molar-refractivity contribution in [3.05, 3.63) is 34.9 Å². The molecule has 4 N–H and O–H groups in total. The van der Waals surface area contributed by atoms with E-state index in [-0.39, 0.29) is 24.4 Å². The molecule has 23 heavy (non-hydrogen) atoms. The highest BCUT2D eigenvalue weighted by atomic mass is 35.5. The number of carbonyl (C=O) groups is 2. The molecule has 1 aromatic rings. The molecule has 6 nitrogen and oxygen atoms in total. The third-order valence-corrected chi connectivity index (χ3v) is 4.21. The molecule has 1 aliphatic rings. The fourth-order valence-electron chi connectivity index (χ4n) is 2.60. The Balaban J connectivity index is 1.69. The van der Waals surface area contributed by atoms with Gasteiger partial charge in [0.05, 0.1) is 0 Å². The van der Waals surface area contributed by atoms with Crippen LogP contribution in [0.25, 0.3) is 0 Å². The fraction of sp³-hybridized carbons (Fsp3) is 0.500. The molecule has 0 spiro atoms. The molecular weight excluding hydrogens is 318 g/mol. The minimum atomic E-state index is -0.777. The van der Waals surface area contributed by atoms with Gasteiger partial charge in [0.25, 0.3) is 0 Å². The van der Waals surface area contributed by atoms with Crippen LogP contribution in [-0.4, -0.2) is 29.6 Å². The topological polar surface area (TPSA) is 90.5 Å². The smallest absolute Gasteiger partial charge is 0.303 e. The molecule has 1 aliphatic heterocycles. The second kappa shape index (κ2) is 8.86. The van der Waals surface area contributed by atoms with Crippen molar-refractivity contribution in [2.24, 2.45) is 0 Å². The third kappa shape index (κ3) is 5.49. The molecule has 1 amide bonds. The molecule has 2 rings (SSSR count). The van der Waals surface area contributed by atoms with Crippen LogP contribution < -0.4 is 16.2 Å². The highest BCUT2D eigenvalue weighted by molar-refractivity contribution is 6.31. The summed E-state index contributed by atoms with van der Waals surface area (Å²) >= 11 is 6.18. The molecule has 2 unspecified atom stereocenters. The van der Waals surface area contributed by atoms with E-state index in [1.165, 1.54) is 0 Å². The van der Waals surface area contributed by atoms with E-state index < -0.39 is 5.97 Å². The Labute approximate surface area is 140 Å². The van der Waals surface area contributed by atoms with Crippen LogP contribution in [0, 0.1) is 0 Å². The van der Waals surface area contributed by atoms with Crippen molar-refractivity contribution in [1.29, 1.82) is 0 Å². The maximum absolute atomic E-state index is 12.1. The Bertz CT molecular complexity index is 553. The first-order valence-electron chi connectivity index (χ1n) is 7.83. The van der Waals surface area contributed by atoms with E-state index in [9.17, 15) is 9.59 Å². The van der Waals surface area contributed by atoms with Crippen LogP contribution in [0.3, 0.4) is 0 Å². The first-order chi connectivity index (χ1) is 11.1. The van der Waals surface area contributed by atoms with E-state index in [0.29, 0.717) is 24.4 Å². The zero-order valence-corrected chi connectivity index (χ0v) is 13.6. The van der Waals surface area contributed by atoms with Crippen LogP contribution in [0.5, 0.6) is 0 Å². The van der Waals surface area contributed by atoms with Crippen LogP contribution in [0.15, 0.2) is 24.3 Å². The lowest BCUT2D eigenvalue weighted by Crippen LogP contribution is -2.43. The number of aliphatic carboxylic acids is 1. The number of amides is 1. The lowest BCUT2D eigenvalue weighted by molar-refractivity contribution is -0.137. The second-order valence-corrected chi connectivity index (χ2v) is 6.05. The van der Waals surface area contributed by atoms with Gasteiger partial charge in [-0.05, 0) is 30.9 Å². The van der Waals surface area contributed by atoms with Gasteiger partial charge in [-0.25, -0.2) is 10.9 Å². The zero-order chi connectivity index (χ0) is 16.7. The molecule has 0 aromatic heterocycles. The van der Waals surface area contributed by atoms with Crippen molar-refractivity contribution < 1.29 is 14.7 Å². The number of hydrazine groups is 1. The molecule has 1 aromatic carbocycles. The van der Waals surface area contributed by atoms with Crippen molar-refractivity contribution >= 4 is 23.5 Å². The maximum atomic E-state index is 12.1.